The molecule has 0 aromatic carbocycles. The van der Waals surface area contributed by atoms with E-state index < -0.39 is 0 Å². The van der Waals surface area contributed by atoms with Crippen molar-refractivity contribution < 1.29 is 4.79 Å². The number of hydrogen-bond acceptors (Lipinski definition) is 4. The van der Waals surface area contributed by atoms with Gasteiger partial charge in [-0.15, -0.1) is 36.2 Å². The lowest BCUT2D eigenvalue weighted by atomic mass is 10.2. The Labute approximate surface area is 137 Å². The molecule has 2 rings (SSSR count). The first kappa shape index (κ1) is 19.7. The summed E-state index contributed by atoms with van der Waals surface area (Å²) in [6, 6.07) is 4.21. The first-order valence-electron chi connectivity index (χ1n) is 6.43. The van der Waals surface area contributed by atoms with Crippen molar-refractivity contribution in [3.63, 3.8) is 0 Å². The van der Waals surface area contributed by atoms with Crippen LogP contribution in [0.25, 0.3) is 0 Å². The average Bonchev–Trinajstić information content (AvgIpc) is 2.82. The molecule has 1 atom stereocenters. The van der Waals surface area contributed by atoms with Gasteiger partial charge in [-0.2, -0.15) is 0 Å². The SMILES string of the molecule is CC(N)CC(=O)N1CCN(Cc2cccs2)CC1.Cl.Cl. The highest BCUT2D eigenvalue weighted by Gasteiger charge is 2.21. The first-order chi connectivity index (χ1) is 8.65. The lowest BCUT2D eigenvalue weighted by Gasteiger charge is -2.34. The molecular formula is C13H23Cl2N3OS. The number of thiophene rings is 1. The quantitative estimate of drug-likeness (QED) is 0.912. The number of nitrogens with zero attached hydrogens (tertiary/aromatic N) is 2. The molecule has 1 fully saturated rings. The van der Waals surface area contributed by atoms with Crippen LogP contribution >= 0.6 is 36.2 Å². The summed E-state index contributed by atoms with van der Waals surface area (Å²) in [5.74, 6) is 0.195. The van der Waals surface area contributed by atoms with Gasteiger partial charge in [0.2, 0.25) is 5.91 Å². The molecule has 2 N–H and O–H groups in total. The van der Waals surface area contributed by atoms with Crippen LogP contribution in [0.3, 0.4) is 0 Å². The predicted molar refractivity (Wildman–Crippen MR) is 88.9 cm³/mol. The Balaban J connectivity index is 0.00000180. The molecule has 1 aliphatic rings. The third kappa shape index (κ3) is 5.97. The fraction of sp³-hybridized carbons (Fsp3) is 0.615. The number of piperazine rings is 1. The number of carbonyl (C=O) groups excluding carboxylic acids is 1. The summed E-state index contributed by atoms with van der Waals surface area (Å²) in [5.41, 5.74) is 5.66. The van der Waals surface area contributed by atoms with E-state index in [0.29, 0.717) is 6.42 Å². The summed E-state index contributed by atoms with van der Waals surface area (Å²) in [6.45, 7) is 6.47. The van der Waals surface area contributed by atoms with Crippen molar-refractivity contribution in [3.05, 3.63) is 22.4 Å². The van der Waals surface area contributed by atoms with Gasteiger partial charge < -0.3 is 10.6 Å². The average molecular weight is 340 g/mol. The Morgan fingerprint density at radius 2 is 2.00 bits per heavy atom. The Bertz CT molecular complexity index is 379. The third-order valence-electron chi connectivity index (χ3n) is 3.18. The van der Waals surface area contributed by atoms with Crippen molar-refractivity contribution in [2.24, 2.45) is 5.73 Å². The van der Waals surface area contributed by atoms with Crippen LogP contribution in [0.15, 0.2) is 17.5 Å². The zero-order valence-corrected chi connectivity index (χ0v) is 14.1. The minimum absolute atomic E-state index is 0. The second-order valence-corrected chi connectivity index (χ2v) is 5.95. The van der Waals surface area contributed by atoms with Crippen LogP contribution in [0.5, 0.6) is 0 Å². The maximum absolute atomic E-state index is 11.9. The molecule has 4 nitrogen and oxygen atoms in total. The number of hydrogen-bond donors (Lipinski definition) is 1. The molecule has 0 radical (unpaired) electrons. The predicted octanol–water partition coefficient (Wildman–Crippen LogP) is 1.97. The molecule has 1 amide bonds. The van der Waals surface area contributed by atoms with Gasteiger partial charge in [-0.1, -0.05) is 6.07 Å². The van der Waals surface area contributed by atoms with Crippen LogP contribution in [-0.4, -0.2) is 47.9 Å². The fourth-order valence-electron chi connectivity index (χ4n) is 2.18. The van der Waals surface area contributed by atoms with Crippen LogP contribution < -0.4 is 5.73 Å². The van der Waals surface area contributed by atoms with Gasteiger partial charge >= 0.3 is 0 Å². The van der Waals surface area contributed by atoms with Gasteiger partial charge in [0.1, 0.15) is 0 Å². The molecule has 2 heterocycles. The van der Waals surface area contributed by atoms with E-state index in [9.17, 15) is 4.79 Å². The third-order valence-corrected chi connectivity index (χ3v) is 4.04. The van der Waals surface area contributed by atoms with E-state index in [-0.39, 0.29) is 36.8 Å². The largest absolute Gasteiger partial charge is 0.340 e. The Kier molecular flexibility index (Phi) is 9.42. The lowest BCUT2D eigenvalue weighted by Crippen LogP contribution is -2.49. The van der Waals surface area contributed by atoms with Gasteiger partial charge in [-0.25, -0.2) is 0 Å². The van der Waals surface area contributed by atoms with E-state index in [1.807, 2.05) is 11.8 Å². The molecule has 1 aromatic heterocycles. The van der Waals surface area contributed by atoms with Gasteiger partial charge in [0.25, 0.3) is 0 Å². The standard InChI is InChI=1S/C13H21N3OS.2ClH/c1-11(14)9-13(17)16-6-4-15(5-7-16)10-12-3-2-8-18-12;;/h2-3,8,11H,4-7,9-10,14H2,1H3;2*1H. The molecule has 1 aliphatic heterocycles. The fourth-order valence-corrected chi connectivity index (χ4v) is 2.93. The van der Waals surface area contributed by atoms with Gasteiger partial charge in [0.05, 0.1) is 0 Å². The van der Waals surface area contributed by atoms with Gasteiger partial charge in [0, 0.05) is 50.1 Å². The molecule has 116 valence electrons. The molecule has 0 saturated carbocycles. The van der Waals surface area contributed by atoms with Crippen molar-refractivity contribution in [2.75, 3.05) is 26.2 Å². The molecule has 0 bridgehead atoms. The smallest absolute Gasteiger partial charge is 0.224 e. The van der Waals surface area contributed by atoms with Gasteiger partial charge in [-0.05, 0) is 18.4 Å². The van der Waals surface area contributed by atoms with E-state index in [0.717, 1.165) is 32.7 Å². The van der Waals surface area contributed by atoms with Gasteiger partial charge in [0.15, 0.2) is 0 Å². The Hall–Kier alpha value is -0.330. The Morgan fingerprint density at radius 1 is 1.35 bits per heavy atom. The molecule has 7 heteroatoms. The second kappa shape index (κ2) is 9.58. The minimum Gasteiger partial charge on any atom is -0.340 e. The molecule has 0 spiro atoms. The summed E-state index contributed by atoms with van der Waals surface area (Å²) in [7, 11) is 0. The van der Waals surface area contributed by atoms with Gasteiger partial charge in [-0.3, -0.25) is 9.69 Å². The maximum Gasteiger partial charge on any atom is 0.224 e. The van der Waals surface area contributed by atoms with Crippen LogP contribution in [0.1, 0.15) is 18.2 Å². The summed E-state index contributed by atoms with van der Waals surface area (Å²) < 4.78 is 0. The Morgan fingerprint density at radius 3 is 2.50 bits per heavy atom. The normalized spacial score (nSPS) is 17.0. The van der Waals surface area contributed by atoms with E-state index >= 15 is 0 Å². The van der Waals surface area contributed by atoms with Crippen molar-refractivity contribution >= 4 is 42.1 Å². The van der Waals surface area contributed by atoms with E-state index in [1.165, 1.54) is 4.88 Å². The number of amides is 1. The molecule has 1 aromatic rings. The number of nitrogens with two attached hydrogens (primary N) is 1. The van der Waals surface area contributed by atoms with E-state index in [2.05, 4.69) is 22.4 Å². The molecular weight excluding hydrogens is 317 g/mol. The van der Waals surface area contributed by atoms with Crippen LogP contribution in [0.4, 0.5) is 0 Å². The summed E-state index contributed by atoms with van der Waals surface area (Å²) >= 11 is 1.79. The highest BCUT2D eigenvalue weighted by molar-refractivity contribution is 7.09. The first-order valence-corrected chi connectivity index (χ1v) is 7.31. The van der Waals surface area contributed by atoms with Crippen molar-refractivity contribution in [1.82, 2.24) is 9.80 Å². The zero-order valence-electron chi connectivity index (χ0n) is 11.7. The van der Waals surface area contributed by atoms with Crippen molar-refractivity contribution in [3.8, 4) is 0 Å². The lowest BCUT2D eigenvalue weighted by molar-refractivity contribution is -0.133. The topological polar surface area (TPSA) is 49.6 Å². The zero-order chi connectivity index (χ0) is 13.0. The minimum atomic E-state index is -0.0401. The molecule has 1 saturated heterocycles. The summed E-state index contributed by atoms with van der Waals surface area (Å²) in [4.78, 5) is 17.6. The summed E-state index contributed by atoms with van der Waals surface area (Å²) in [6.07, 6.45) is 0.463. The number of halogens is 2. The van der Waals surface area contributed by atoms with Crippen LogP contribution in [0.2, 0.25) is 0 Å². The molecule has 20 heavy (non-hydrogen) atoms. The molecule has 0 aliphatic carbocycles. The second-order valence-electron chi connectivity index (χ2n) is 4.92. The van der Waals surface area contributed by atoms with Crippen molar-refractivity contribution in [2.45, 2.75) is 25.9 Å². The molecule has 1 unspecified atom stereocenters. The monoisotopic (exact) mass is 339 g/mol. The van der Waals surface area contributed by atoms with Crippen LogP contribution in [-0.2, 0) is 11.3 Å². The van der Waals surface area contributed by atoms with E-state index in [1.54, 1.807) is 11.3 Å². The highest BCUT2D eigenvalue weighted by atomic mass is 35.5. The van der Waals surface area contributed by atoms with Crippen LogP contribution in [0, 0.1) is 0 Å². The maximum atomic E-state index is 11.9. The van der Waals surface area contributed by atoms with Crippen molar-refractivity contribution in [1.29, 1.82) is 0 Å². The highest BCUT2D eigenvalue weighted by Crippen LogP contribution is 2.13. The number of carbonyl (C=O) groups is 1. The van der Waals surface area contributed by atoms with E-state index in [4.69, 9.17) is 5.73 Å². The summed E-state index contributed by atoms with van der Waals surface area (Å²) in [5, 5.41) is 2.11. The number of rotatable bonds is 4.